The van der Waals surface area contributed by atoms with Gasteiger partial charge in [-0.25, -0.2) is 4.98 Å². The second-order valence-corrected chi connectivity index (χ2v) is 6.79. The van der Waals surface area contributed by atoms with E-state index >= 15 is 0 Å². The van der Waals surface area contributed by atoms with Crippen LogP contribution in [0.4, 0.5) is 0 Å². The number of aromatic nitrogens is 3. The molecule has 0 N–H and O–H groups in total. The first-order valence-corrected chi connectivity index (χ1v) is 8.50. The zero-order chi connectivity index (χ0) is 18.0. The Kier molecular flexibility index (Phi) is 4.20. The van der Waals surface area contributed by atoms with E-state index in [-0.39, 0.29) is 12.2 Å². The molecule has 0 fully saturated rings. The van der Waals surface area contributed by atoms with E-state index in [4.69, 9.17) is 14.0 Å². The number of rotatable bonds is 4. The number of ether oxygens (including phenoxy) is 1. The van der Waals surface area contributed by atoms with Crippen LogP contribution in [0.1, 0.15) is 37.2 Å². The van der Waals surface area contributed by atoms with Gasteiger partial charge in [-0.05, 0) is 50.5 Å². The Morgan fingerprint density at radius 3 is 3.04 bits per heavy atom. The first kappa shape index (κ1) is 16.4. The van der Waals surface area contributed by atoms with Gasteiger partial charge in [-0.15, -0.1) is 0 Å². The van der Waals surface area contributed by atoms with E-state index < -0.39 is 0 Å². The molecule has 26 heavy (non-hydrogen) atoms. The third-order valence-electron chi connectivity index (χ3n) is 4.28. The Balaban J connectivity index is 1.64. The van der Waals surface area contributed by atoms with Crippen molar-refractivity contribution in [3.63, 3.8) is 0 Å². The van der Waals surface area contributed by atoms with Crippen LogP contribution in [-0.4, -0.2) is 26.2 Å². The summed E-state index contributed by atoms with van der Waals surface area (Å²) in [6, 6.07) is 9.69. The predicted octanol–water partition coefficient (Wildman–Crippen LogP) is 3.40. The highest BCUT2D eigenvalue weighted by Crippen LogP contribution is 2.33. The third kappa shape index (κ3) is 3.46. The number of furan rings is 1. The van der Waals surface area contributed by atoms with Crippen LogP contribution in [-0.2, 0) is 17.9 Å². The van der Waals surface area contributed by atoms with Gasteiger partial charge in [-0.3, -0.25) is 0 Å². The first-order valence-electron chi connectivity index (χ1n) is 8.50. The van der Waals surface area contributed by atoms with Gasteiger partial charge in [0, 0.05) is 5.56 Å². The van der Waals surface area contributed by atoms with Gasteiger partial charge >= 0.3 is 0 Å². The van der Waals surface area contributed by atoms with Crippen molar-refractivity contribution in [2.24, 2.45) is 5.16 Å². The quantitative estimate of drug-likeness (QED) is 0.409. The summed E-state index contributed by atoms with van der Waals surface area (Å²) in [5, 5.41) is 8.44. The van der Waals surface area contributed by atoms with Gasteiger partial charge in [0.2, 0.25) is 5.84 Å². The molecule has 1 aromatic carbocycles. The lowest BCUT2D eigenvalue weighted by molar-refractivity contribution is 0.0846. The van der Waals surface area contributed by atoms with E-state index in [0.29, 0.717) is 11.6 Å². The minimum Gasteiger partial charge on any atom is -0.488 e. The third-order valence-corrected chi connectivity index (χ3v) is 4.28. The van der Waals surface area contributed by atoms with Crippen molar-refractivity contribution in [3.05, 3.63) is 66.1 Å². The van der Waals surface area contributed by atoms with Crippen molar-refractivity contribution in [3.8, 4) is 5.75 Å². The van der Waals surface area contributed by atoms with Crippen LogP contribution < -0.4 is 4.74 Å². The SMILES string of the molecule is CC1(C)CCc2ccc(/C(=N/OCc3ccco3)n3cncn3)cc2O1. The average Bonchev–Trinajstić information content (AvgIpc) is 3.31. The fourth-order valence-electron chi connectivity index (χ4n) is 2.88. The van der Waals surface area contributed by atoms with E-state index in [9.17, 15) is 0 Å². The summed E-state index contributed by atoms with van der Waals surface area (Å²) in [6.45, 7) is 4.43. The monoisotopic (exact) mass is 352 g/mol. The number of oxime groups is 1. The molecule has 0 bridgehead atoms. The van der Waals surface area contributed by atoms with Crippen LogP contribution in [0.5, 0.6) is 5.75 Å². The molecule has 0 saturated heterocycles. The molecule has 0 amide bonds. The first-order chi connectivity index (χ1) is 12.6. The molecule has 134 valence electrons. The highest BCUT2D eigenvalue weighted by atomic mass is 16.6. The molecule has 2 aromatic heterocycles. The van der Waals surface area contributed by atoms with E-state index in [1.807, 2.05) is 24.3 Å². The largest absolute Gasteiger partial charge is 0.488 e. The molecule has 0 aliphatic carbocycles. The molecule has 0 spiro atoms. The Hall–Kier alpha value is -3.09. The van der Waals surface area contributed by atoms with Crippen molar-refractivity contribution in [2.45, 2.75) is 38.9 Å². The zero-order valence-electron chi connectivity index (χ0n) is 14.8. The average molecular weight is 352 g/mol. The molecule has 0 radical (unpaired) electrons. The molecule has 0 unspecified atom stereocenters. The van der Waals surface area contributed by atoms with Crippen molar-refractivity contribution in [1.29, 1.82) is 0 Å². The molecule has 3 aromatic rings. The van der Waals surface area contributed by atoms with Crippen LogP contribution >= 0.6 is 0 Å². The van der Waals surface area contributed by atoms with E-state index in [1.54, 1.807) is 17.3 Å². The fraction of sp³-hybridized carbons (Fsp3) is 0.316. The molecule has 1 aliphatic rings. The molecule has 7 nitrogen and oxygen atoms in total. The Morgan fingerprint density at radius 2 is 2.27 bits per heavy atom. The lowest BCUT2D eigenvalue weighted by atomic mass is 9.93. The fourth-order valence-corrected chi connectivity index (χ4v) is 2.88. The van der Waals surface area contributed by atoms with E-state index in [0.717, 1.165) is 24.2 Å². The van der Waals surface area contributed by atoms with Gasteiger partial charge in [0.1, 0.15) is 29.8 Å². The summed E-state index contributed by atoms with van der Waals surface area (Å²) < 4.78 is 13.0. The van der Waals surface area contributed by atoms with Crippen LogP contribution in [0.25, 0.3) is 0 Å². The van der Waals surface area contributed by atoms with E-state index in [2.05, 4.69) is 35.2 Å². The van der Waals surface area contributed by atoms with Gasteiger partial charge in [-0.1, -0.05) is 17.3 Å². The van der Waals surface area contributed by atoms with Crippen LogP contribution in [0, 0.1) is 0 Å². The van der Waals surface area contributed by atoms with Gasteiger partial charge < -0.3 is 14.0 Å². The smallest absolute Gasteiger partial charge is 0.201 e. The van der Waals surface area contributed by atoms with Gasteiger partial charge in [0.15, 0.2) is 6.61 Å². The molecule has 0 atom stereocenters. The summed E-state index contributed by atoms with van der Waals surface area (Å²) in [4.78, 5) is 9.47. The molecule has 1 aliphatic heterocycles. The van der Waals surface area contributed by atoms with Crippen molar-refractivity contribution in [2.75, 3.05) is 0 Å². The van der Waals surface area contributed by atoms with Crippen molar-refractivity contribution >= 4 is 5.84 Å². The zero-order valence-corrected chi connectivity index (χ0v) is 14.8. The van der Waals surface area contributed by atoms with Crippen LogP contribution in [0.15, 0.2) is 58.8 Å². The minimum atomic E-state index is -0.175. The van der Waals surface area contributed by atoms with Crippen molar-refractivity contribution in [1.82, 2.24) is 14.8 Å². The maximum atomic E-state index is 6.13. The Bertz CT molecular complexity index is 899. The molecule has 3 heterocycles. The lowest BCUT2D eigenvalue weighted by Gasteiger charge is -2.32. The highest BCUT2D eigenvalue weighted by molar-refractivity contribution is 5.99. The number of nitrogens with zero attached hydrogens (tertiary/aromatic N) is 4. The normalized spacial score (nSPS) is 16.0. The molecular formula is C19H20N4O3. The van der Waals surface area contributed by atoms with Crippen LogP contribution in [0.2, 0.25) is 0 Å². The van der Waals surface area contributed by atoms with Crippen LogP contribution in [0.3, 0.4) is 0 Å². The maximum Gasteiger partial charge on any atom is 0.201 e. The summed E-state index contributed by atoms with van der Waals surface area (Å²) in [6.07, 6.45) is 6.63. The number of aryl methyl sites for hydroxylation is 1. The Labute approximate surface area is 151 Å². The second kappa shape index (κ2) is 6.67. The van der Waals surface area contributed by atoms with Gasteiger partial charge in [0.05, 0.1) is 6.26 Å². The predicted molar refractivity (Wildman–Crippen MR) is 94.9 cm³/mol. The summed E-state index contributed by atoms with van der Waals surface area (Å²) in [5.41, 5.74) is 1.86. The summed E-state index contributed by atoms with van der Waals surface area (Å²) in [5.74, 6) is 2.10. The topological polar surface area (TPSA) is 74.7 Å². The van der Waals surface area contributed by atoms with E-state index in [1.165, 1.54) is 11.9 Å². The lowest BCUT2D eigenvalue weighted by Crippen LogP contribution is -2.32. The molecular weight excluding hydrogens is 332 g/mol. The minimum absolute atomic E-state index is 0.175. The molecule has 0 saturated carbocycles. The maximum absolute atomic E-state index is 6.13. The number of hydrogen-bond donors (Lipinski definition) is 0. The summed E-state index contributed by atoms with van der Waals surface area (Å²) in [7, 11) is 0. The number of benzene rings is 1. The Morgan fingerprint density at radius 1 is 1.35 bits per heavy atom. The second-order valence-electron chi connectivity index (χ2n) is 6.79. The summed E-state index contributed by atoms with van der Waals surface area (Å²) >= 11 is 0. The highest BCUT2D eigenvalue weighted by Gasteiger charge is 2.27. The van der Waals surface area contributed by atoms with Crippen molar-refractivity contribution < 1.29 is 14.0 Å². The van der Waals surface area contributed by atoms with Gasteiger partial charge in [0.25, 0.3) is 0 Å². The number of fused-ring (bicyclic) bond motifs is 1. The van der Waals surface area contributed by atoms with Gasteiger partial charge in [-0.2, -0.15) is 9.78 Å². The standard InChI is InChI=1S/C19H20N4O3/c1-19(2)8-7-14-5-6-15(10-17(14)26-19)18(23-13-20-12-21-23)22-25-11-16-4-3-9-24-16/h3-6,9-10,12-13H,7-8,11H2,1-2H3/b22-18-. The number of hydrogen-bond acceptors (Lipinski definition) is 6. The molecule has 7 heteroatoms. The molecule has 4 rings (SSSR count).